The number of urea groups is 1. The average molecular weight is 328 g/mol. The lowest BCUT2D eigenvalue weighted by atomic mass is 9.84. The number of amides is 2. The van der Waals surface area contributed by atoms with Gasteiger partial charge in [0.05, 0.1) is 11.7 Å². The minimum atomic E-state index is -0.525. The summed E-state index contributed by atoms with van der Waals surface area (Å²) in [6, 6.07) is 12.7. The van der Waals surface area contributed by atoms with E-state index < -0.39 is 6.04 Å². The van der Waals surface area contributed by atoms with E-state index in [1.54, 1.807) is 0 Å². The van der Waals surface area contributed by atoms with Crippen LogP contribution in [0.1, 0.15) is 41.5 Å². The molecule has 0 saturated heterocycles. The van der Waals surface area contributed by atoms with Crippen LogP contribution < -0.4 is 10.6 Å². The van der Waals surface area contributed by atoms with E-state index in [0.717, 1.165) is 16.5 Å². The molecule has 0 aromatic heterocycles. The Morgan fingerprint density at radius 1 is 0.958 bits per heavy atom. The molecule has 2 rings (SSSR count). The first-order chi connectivity index (χ1) is 11.3. The van der Waals surface area contributed by atoms with Crippen molar-refractivity contribution < 1.29 is 9.59 Å². The highest BCUT2D eigenvalue weighted by atomic mass is 16.2. The summed E-state index contributed by atoms with van der Waals surface area (Å²) in [4.78, 5) is 24.0. The van der Waals surface area contributed by atoms with Gasteiger partial charge in [-0.1, -0.05) is 71.0 Å². The van der Waals surface area contributed by atoms with E-state index in [4.69, 9.17) is 0 Å². The summed E-state index contributed by atoms with van der Waals surface area (Å²) in [5, 5.41) is 7.63. The molecule has 1 atom stereocenters. The molecule has 24 heavy (non-hydrogen) atoms. The van der Waals surface area contributed by atoms with Gasteiger partial charge in [-0.3, -0.25) is 4.79 Å². The summed E-state index contributed by atoms with van der Waals surface area (Å²) < 4.78 is 0. The Morgan fingerprint density at radius 3 is 2.12 bits per heavy atom. The lowest BCUT2D eigenvalue weighted by molar-refractivity contribution is -0.120. The maximum atomic E-state index is 12.2. The molecule has 2 N–H and O–H groups in total. The zero-order valence-electron chi connectivity index (χ0n) is 15.4. The van der Waals surface area contributed by atoms with Crippen LogP contribution in [0.5, 0.6) is 0 Å². The molecule has 2 aromatic carbocycles. The number of ketones is 1. The zero-order chi connectivity index (χ0) is 18.3. The molecular weight excluding hydrogens is 300 g/mol. The third-order valence-electron chi connectivity index (χ3n) is 3.59. The summed E-state index contributed by atoms with van der Waals surface area (Å²) >= 11 is 0. The Morgan fingerprint density at radius 2 is 1.54 bits per heavy atom. The zero-order valence-corrected chi connectivity index (χ0v) is 15.4. The lowest BCUT2D eigenvalue weighted by Crippen LogP contribution is -2.49. The maximum absolute atomic E-state index is 12.2. The van der Waals surface area contributed by atoms with Crippen LogP contribution in [0.4, 0.5) is 10.5 Å². The van der Waals surface area contributed by atoms with Gasteiger partial charge in [0.15, 0.2) is 5.78 Å². The van der Waals surface area contributed by atoms with Crippen molar-refractivity contribution in [2.24, 2.45) is 5.41 Å². The first-order valence-electron chi connectivity index (χ1n) is 8.35. The molecule has 0 radical (unpaired) electrons. The highest BCUT2D eigenvalue weighted by Gasteiger charge is 2.30. The topological polar surface area (TPSA) is 58.2 Å². The predicted octanol–water partition coefficient (Wildman–Crippen LogP) is 4.99. The number of anilines is 1. The fourth-order valence-corrected chi connectivity index (χ4v) is 2.55. The van der Waals surface area contributed by atoms with Crippen molar-refractivity contribution in [1.82, 2.24) is 5.32 Å². The fourth-order valence-electron chi connectivity index (χ4n) is 2.55. The van der Waals surface area contributed by atoms with Gasteiger partial charge in [-0.15, -0.1) is 0 Å². The first kappa shape index (κ1) is 19.7. The van der Waals surface area contributed by atoms with Gasteiger partial charge in [0.1, 0.15) is 0 Å². The Hall–Kier alpha value is -2.36. The normalized spacial score (nSPS) is 11.9. The molecule has 2 amide bonds. The quantitative estimate of drug-likeness (QED) is 0.834. The molecule has 4 nitrogen and oxygen atoms in total. The van der Waals surface area contributed by atoms with Gasteiger partial charge in [0.2, 0.25) is 0 Å². The van der Waals surface area contributed by atoms with Gasteiger partial charge in [-0.2, -0.15) is 0 Å². The maximum Gasteiger partial charge on any atom is 0.319 e. The van der Waals surface area contributed by atoms with Crippen molar-refractivity contribution in [3.05, 3.63) is 42.5 Å². The Balaban J connectivity index is 0.00000139. The number of rotatable bonds is 3. The van der Waals surface area contributed by atoms with Crippen molar-refractivity contribution in [3.63, 3.8) is 0 Å². The molecule has 0 spiro atoms. The highest BCUT2D eigenvalue weighted by Crippen LogP contribution is 2.24. The average Bonchev–Trinajstić information content (AvgIpc) is 2.53. The minimum absolute atomic E-state index is 0.0550. The summed E-state index contributed by atoms with van der Waals surface area (Å²) in [6.07, 6.45) is 0. The van der Waals surface area contributed by atoms with Crippen LogP contribution >= 0.6 is 0 Å². The van der Waals surface area contributed by atoms with Crippen molar-refractivity contribution in [2.75, 3.05) is 5.32 Å². The number of Topliss-reactive ketones (excluding diaryl/α,β-unsaturated/α-hetero) is 1. The standard InChI is InChI=1S/C18H22N2O2.C2H6/c1-12(21)16(18(2,3)4)20-17(22)19-15-11-7-9-13-8-5-6-10-14(13)15;1-2/h5-11,16H,1-4H3,(H2,19,20,22);1-2H3. The monoisotopic (exact) mass is 328 g/mol. The molecule has 0 aliphatic carbocycles. The van der Waals surface area contributed by atoms with E-state index in [9.17, 15) is 9.59 Å². The van der Waals surface area contributed by atoms with Crippen LogP contribution in [-0.4, -0.2) is 17.9 Å². The van der Waals surface area contributed by atoms with Crippen LogP contribution in [0, 0.1) is 5.41 Å². The van der Waals surface area contributed by atoms with Crippen molar-refractivity contribution in [3.8, 4) is 0 Å². The van der Waals surface area contributed by atoms with Gasteiger partial charge >= 0.3 is 6.03 Å². The summed E-state index contributed by atoms with van der Waals surface area (Å²) in [7, 11) is 0. The molecule has 0 bridgehead atoms. The van der Waals surface area contributed by atoms with Crippen LogP contribution in [0.2, 0.25) is 0 Å². The van der Waals surface area contributed by atoms with Gasteiger partial charge in [0, 0.05) is 5.39 Å². The lowest BCUT2D eigenvalue weighted by Gasteiger charge is -2.29. The second-order valence-electron chi connectivity index (χ2n) is 6.53. The summed E-state index contributed by atoms with van der Waals surface area (Å²) in [5.74, 6) is -0.0550. The van der Waals surface area contributed by atoms with Crippen LogP contribution in [0.3, 0.4) is 0 Å². The number of benzene rings is 2. The van der Waals surface area contributed by atoms with Crippen LogP contribution in [-0.2, 0) is 4.79 Å². The molecule has 0 heterocycles. The molecule has 0 fully saturated rings. The van der Waals surface area contributed by atoms with E-state index in [1.165, 1.54) is 6.92 Å². The Bertz CT molecular complexity index is 697. The molecule has 1 unspecified atom stereocenters. The molecule has 2 aromatic rings. The smallest absolute Gasteiger partial charge is 0.319 e. The van der Waals surface area contributed by atoms with Crippen LogP contribution in [0.25, 0.3) is 10.8 Å². The third-order valence-corrected chi connectivity index (χ3v) is 3.59. The largest absolute Gasteiger partial charge is 0.328 e. The number of carbonyl (C=O) groups excluding carboxylic acids is 2. The molecule has 130 valence electrons. The minimum Gasteiger partial charge on any atom is -0.328 e. The third kappa shape index (κ3) is 5.08. The number of carbonyl (C=O) groups is 2. The van der Waals surface area contributed by atoms with E-state index in [0.29, 0.717) is 0 Å². The fraction of sp³-hybridized carbons (Fsp3) is 0.400. The highest BCUT2D eigenvalue weighted by molar-refractivity contribution is 6.02. The van der Waals surface area contributed by atoms with E-state index in [2.05, 4.69) is 10.6 Å². The molecule has 0 saturated carbocycles. The first-order valence-corrected chi connectivity index (χ1v) is 8.35. The molecule has 4 heteroatoms. The number of hydrogen-bond acceptors (Lipinski definition) is 2. The summed E-state index contributed by atoms with van der Waals surface area (Å²) in [5.41, 5.74) is 0.397. The van der Waals surface area contributed by atoms with E-state index in [1.807, 2.05) is 77.1 Å². The number of nitrogens with one attached hydrogen (secondary N) is 2. The Labute approximate surface area is 144 Å². The Kier molecular flexibility index (Phi) is 6.96. The van der Waals surface area contributed by atoms with Crippen LogP contribution in [0.15, 0.2) is 42.5 Å². The van der Waals surface area contributed by atoms with Crippen molar-refractivity contribution in [2.45, 2.75) is 47.6 Å². The van der Waals surface area contributed by atoms with Crippen molar-refractivity contribution in [1.29, 1.82) is 0 Å². The summed E-state index contributed by atoms with van der Waals surface area (Å²) in [6.45, 7) is 11.3. The number of hydrogen-bond donors (Lipinski definition) is 2. The SMILES string of the molecule is CC.CC(=O)C(NC(=O)Nc1cccc2ccccc12)C(C)(C)C. The molecule has 0 aliphatic heterocycles. The van der Waals surface area contributed by atoms with Gasteiger partial charge in [-0.05, 0) is 23.8 Å². The van der Waals surface area contributed by atoms with Gasteiger partial charge < -0.3 is 10.6 Å². The van der Waals surface area contributed by atoms with E-state index >= 15 is 0 Å². The molecule has 0 aliphatic rings. The second kappa shape index (κ2) is 8.48. The number of fused-ring (bicyclic) bond motifs is 1. The van der Waals surface area contributed by atoms with Gasteiger partial charge in [0.25, 0.3) is 0 Å². The predicted molar refractivity (Wildman–Crippen MR) is 101 cm³/mol. The van der Waals surface area contributed by atoms with Crippen molar-refractivity contribution >= 4 is 28.3 Å². The van der Waals surface area contributed by atoms with Gasteiger partial charge in [-0.25, -0.2) is 4.79 Å². The van der Waals surface area contributed by atoms with E-state index in [-0.39, 0.29) is 17.2 Å². The molecular formula is C20H28N2O2. The second-order valence-corrected chi connectivity index (χ2v) is 6.53.